The van der Waals surface area contributed by atoms with Crippen LogP contribution >= 0.6 is 0 Å². The molecule has 6 aromatic rings. The average molecular weight is 1270 g/mol. The average Bonchev–Trinajstić information content (AvgIpc) is 2.05. The summed E-state index contributed by atoms with van der Waals surface area (Å²) in [5, 5.41) is 40.8. The molecule has 0 bridgehead atoms. The van der Waals surface area contributed by atoms with E-state index in [1.165, 1.54) is 24.3 Å². The van der Waals surface area contributed by atoms with Gasteiger partial charge in [0.2, 0.25) is 0 Å². The highest BCUT2D eigenvalue weighted by Gasteiger charge is 2.19. The van der Waals surface area contributed by atoms with E-state index in [4.69, 9.17) is 28.1 Å². The SMILES string of the molecule is CCc1cc(N=Nc2cc(OCCS(=O)(=O)O)c(NC(=O)Nc3cc(C)c(/N=N/c4ccc(N=Nc5ccc(OCCS(=O)(=O)O)cc5CC)c(CC)c4)cc3OCCS(=O)(=O)O)cc2C)ccc1N=Nc1ccc(OCCS(=O)(=O)O)cc1CC. The Morgan fingerprint density at radius 2 is 0.674 bits per heavy atom. The molecule has 0 aliphatic heterocycles. The van der Waals surface area contributed by atoms with Gasteiger partial charge in [0.1, 0.15) is 72.4 Å². The lowest BCUT2D eigenvalue weighted by Gasteiger charge is -2.17. The lowest BCUT2D eigenvalue weighted by Crippen LogP contribution is -2.21. The fourth-order valence-electron chi connectivity index (χ4n) is 7.86. The van der Waals surface area contributed by atoms with Crippen molar-refractivity contribution in [2.45, 2.75) is 67.2 Å². The van der Waals surface area contributed by atoms with Gasteiger partial charge in [0.25, 0.3) is 40.5 Å². The second-order valence-corrected chi connectivity index (χ2v) is 25.1. The number of carbonyl (C=O) groups is 1. The number of hydrogen-bond donors (Lipinski definition) is 6. The highest BCUT2D eigenvalue weighted by molar-refractivity contribution is 7.86. The van der Waals surface area contributed by atoms with Crippen molar-refractivity contribution in [3.8, 4) is 23.0 Å². The molecule has 0 atom stereocenters. The predicted octanol–water partition coefficient (Wildman–Crippen LogP) is 12.9. The van der Waals surface area contributed by atoms with E-state index in [9.17, 15) is 47.6 Å². The van der Waals surface area contributed by atoms with Crippen molar-refractivity contribution in [2.24, 2.45) is 40.9 Å². The number of amides is 2. The topological polar surface area (TPSA) is 394 Å². The molecule has 0 heterocycles. The zero-order chi connectivity index (χ0) is 62.8. The van der Waals surface area contributed by atoms with Gasteiger partial charge < -0.3 is 29.6 Å². The Morgan fingerprint density at radius 3 is 0.988 bits per heavy atom. The third-order valence-electron chi connectivity index (χ3n) is 12.3. The van der Waals surface area contributed by atoms with Gasteiger partial charge in [-0.2, -0.15) is 74.6 Å². The second kappa shape index (κ2) is 30.3. The number of nitrogens with zero attached hydrogens (tertiary/aromatic N) is 8. The normalized spacial score (nSPS) is 12.4. The van der Waals surface area contributed by atoms with Crippen LogP contribution in [-0.4, -0.2) is 107 Å². The second-order valence-electron chi connectivity index (χ2n) is 18.8. The first-order valence-corrected chi connectivity index (χ1v) is 32.9. The number of benzene rings is 6. The van der Waals surface area contributed by atoms with Crippen LogP contribution in [0.5, 0.6) is 23.0 Å². The Balaban J connectivity index is 1.20. The largest absolute Gasteiger partial charge is 0.492 e. The van der Waals surface area contributed by atoms with Crippen molar-refractivity contribution >= 4 is 103 Å². The van der Waals surface area contributed by atoms with Crippen LogP contribution in [0.1, 0.15) is 61.1 Å². The first-order chi connectivity index (χ1) is 40.6. The van der Waals surface area contributed by atoms with Crippen molar-refractivity contribution in [3.05, 3.63) is 130 Å². The zero-order valence-electron chi connectivity index (χ0n) is 47.5. The van der Waals surface area contributed by atoms with Gasteiger partial charge in [-0.25, -0.2) is 4.79 Å². The Kier molecular flexibility index (Phi) is 23.6. The summed E-state index contributed by atoms with van der Waals surface area (Å²) in [5.41, 5.74) is 7.82. The number of nitrogens with one attached hydrogen (secondary N) is 2. The Bertz CT molecular complexity index is 3780. The molecule has 0 saturated heterocycles. The quantitative estimate of drug-likeness (QED) is 0.0180. The number of aryl methyl sites for hydroxylation is 6. The predicted molar refractivity (Wildman–Crippen MR) is 323 cm³/mol. The lowest BCUT2D eigenvalue weighted by atomic mass is 10.1. The molecular formula is C55H64N10O17S4. The molecule has 0 aromatic heterocycles. The van der Waals surface area contributed by atoms with Gasteiger partial charge in [-0.05, 0) is 158 Å². The molecular weight excluding hydrogens is 1200 g/mol. The maximum atomic E-state index is 13.8. The van der Waals surface area contributed by atoms with Crippen molar-refractivity contribution in [1.82, 2.24) is 0 Å². The highest BCUT2D eigenvalue weighted by Crippen LogP contribution is 2.39. The van der Waals surface area contributed by atoms with Crippen LogP contribution in [0.25, 0.3) is 0 Å². The van der Waals surface area contributed by atoms with Crippen molar-refractivity contribution in [2.75, 3.05) is 60.1 Å². The van der Waals surface area contributed by atoms with E-state index in [0.717, 1.165) is 22.3 Å². The van der Waals surface area contributed by atoms with Crippen molar-refractivity contribution < 1.29 is 75.6 Å². The molecule has 86 heavy (non-hydrogen) atoms. The summed E-state index contributed by atoms with van der Waals surface area (Å²) >= 11 is 0. The Hall–Kier alpha value is -8.17. The number of hydrogen-bond acceptors (Lipinski definition) is 21. The molecule has 27 nitrogen and oxygen atoms in total. The third kappa shape index (κ3) is 21.7. The molecule has 6 N–H and O–H groups in total. The van der Waals surface area contributed by atoms with Gasteiger partial charge in [-0.1, -0.05) is 27.7 Å². The van der Waals surface area contributed by atoms with Crippen LogP contribution in [0.2, 0.25) is 0 Å². The minimum absolute atomic E-state index is 0.0427. The summed E-state index contributed by atoms with van der Waals surface area (Å²) in [6, 6.07) is 25.3. The molecule has 0 saturated carbocycles. The number of ether oxygens (including phenoxy) is 4. The molecule has 0 aliphatic rings. The van der Waals surface area contributed by atoms with E-state index in [1.54, 1.807) is 86.6 Å². The molecule has 0 unspecified atom stereocenters. The fourth-order valence-corrected chi connectivity index (χ4v) is 9.03. The van der Waals surface area contributed by atoms with Crippen LogP contribution in [0, 0.1) is 13.8 Å². The standard InChI is InChI=1S/C55H64N10O17S4/c1-7-37-29-41(11-15-45(37)60-62-47-17-13-43(31-39(47)9-3)79-19-23-83(67,68)69)58-64-49-33-53(81-21-25-85(73,74)75)51(27-35(49)5)56-55(66)57-52-28-36(6)50(34-54(52)82-22-26-86(76,77)78)65-59-42-12-16-46(38(8-2)30-42)61-63-48-18-14-44(32-40(48)10-4)80-20-24-84(70,71)72/h11-18,27-34H,7-10,19-26H2,1-6H3,(H2,56,57,66)(H,67,68,69)(H,70,71,72)(H,73,74,75)(H,76,77,78)/b62-60?,63-61?,64-58+,65-59?. The first-order valence-electron chi connectivity index (χ1n) is 26.5. The molecule has 31 heteroatoms. The van der Waals surface area contributed by atoms with Gasteiger partial charge in [-0.15, -0.1) is 0 Å². The first kappa shape index (κ1) is 67.0. The summed E-state index contributed by atoms with van der Waals surface area (Å²) < 4.78 is 150. The number of urea groups is 1. The fraction of sp³-hybridized carbons (Fsp3) is 0.327. The smallest absolute Gasteiger partial charge is 0.323 e. The van der Waals surface area contributed by atoms with E-state index in [0.29, 0.717) is 82.4 Å². The monoisotopic (exact) mass is 1260 g/mol. The van der Waals surface area contributed by atoms with Crippen LogP contribution in [-0.2, 0) is 66.2 Å². The molecule has 6 aromatic carbocycles. The number of carbonyl (C=O) groups excluding carboxylic acids is 1. The third-order valence-corrected chi connectivity index (χ3v) is 15.1. The minimum atomic E-state index is -4.47. The summed E-state index contributed by atoms with van der Waals surface area (Å²) in [7, 11) is -17.3. The molecule has 0 radical (unpaired) electrons. The van der Waals surface area contributed by atoms with E-state index < -0.39 is 82.7 Å². The van der Waals surface area contributed by atoms with Gasteiger partial charge in [0.15, 0.2) is 0 Å². The van der Waals surface area contributed by atoms with Crippen molar-refractivity contribution in [1.29, 1.82) is 0 Å². The van der Waals surface area contributed by atoms with E-state index in [-0.39, 0.29) is 47.5 Å². The van der Waals surface area contributed by atoms with Crippen LogP contribution < -0.4 is 29.6 Å². The Morgan fingerprint density at radius 1 is 0.384 bits per heavy atom. The van der Waals surface area contributed by atoms with Gasteiger partial charge in [0, 0.05) is 12.1 Å². The lowest BCUT2D eigenvalue weighted by molar-refractivity contribution is 0.261. The maximum absolute atomic E-state index is 13.8. The van der Waals surface area contributed by atoms with Gasteiger partial charge >= 0.3 is 6.03 Å². The Labute approximate surface area is 498 Å². The van der Waals surface area contributed by atoms with Crippen LogP contribution in [0.15, 0.2) is 138 Å². The van der Waals surface area contributed by atoms with E-state index >= 15 is 0 Å². The summed E-state index contributed by atoms with van der Waals surface area (Å²) in [6.45, 7) is 9.49. The molecule has 2 amide bonds. The van der Waals surface area contributed by atoms with Crippen LogP contribution in [0.3, 0.4) is 0 Å². The maximum Gasteiger partial charge on any atom is 0.323 e. The number of azo groups is 4. The number of rotatable bonds is 30. The summed E-state index contributed by atoms with van der Waals surface area (Å²) in [5.74, 6) is -2.00. The molecule has 460 valence electrons. The summed E-state index contributed by atoms with van der Waals surface area (Å²) in [6.07, 6.45) is 2.21. The molecule has 6 rings (SSSR count). The molecule has 0 fully saturated rings. The molecule has 0 spiro atoms. The minimum Gasteiger partial charge on any atom is -0.492 e. The van der Waals surface area contributed by atoms with Crippen molar-refractivity contribution in [3.63, 3.8) is 0 Å². The molecule has 0 aliphatic carbocycles. The van der Waals surface area contributed by atoms with E-state index in [1.807, 2.05) is 27.7 Å². The number of anilines is 2. The summed E-state index contributed by atoms with van der Waals surface area (Å²) in [4.78, 5) is 13.8. The highest BCUT2D eigenvalue weighted by atomic mass is 32.2. The van der Waals surface area contributed by atoms with E-state index in [2.05, 4.69) is 51.5 Å². The zero-order valence-corrected chi connectivity index (χ0v) is 50.8. The van der Waals surface area contributed by atoms with Gasteiger partial charge in [0.05, 0.1) is 56.9 Å². The van der Waals surface area contributed by atoms with Gasteiger partial charge in [-0.3, -0.25) is 18.2 Å². The van der Waals surface area contributed by atoms with Crippen LogP contribution in [0.4, 0.5) is 61.7 Å².